The lowest BCUT2D eigenvalue weighted by atomic mass is 10.2. The number of nitrogens with one attached hydrogen (secondary N) is 1. The van der Waals surface area contributed by atoms with Gasteiger partial charge in [0.2, 0.25) is 0 Å². The Morgan fingerprint density at radius 1 is 1.21 bits per heavy atom. The lowest BCUT2D eigenvalue weighted by molar-refractivity contribution is -0.137. The van der Waals surface area contributed by atoms with Crippen molar-refractivity contribution in [2.45, 2.75) is 19.6 Å². The maximum atomic E-state index is 12.5. The molecule has 100 valence electrons. The van der Waals surface area contributed by atoms with Crippen molar-refractivity contribution in [3.8, 4) is 0 Å². The van der Waals surface area contributed by atoms with E-state index in [1.165, 1.54) is 6.07 Å². The molecule has 3 nitrogen and oxygen atoms in total. The predicted molar refractivity (Wildman–Crippen MR) is 65.5 cm³/mol. The van der Waals surface area contributed by atoms with Crippen LogP contribution in [0.15, 0.2) is 36.5 Å². The first-order valence-corrected chi connectivity index (χ1v) is 5.65. The van der Waals surface area contributed by atoms with Crippen molar-refractivity contribution in [2.24, 2.45) is 0 Å². The molecule has 2 aromatic rings. The molecular weight excluding hydrogens is 255 g/mol. The number of hydrogen-bond donors (Lipinski definition) is 1. The zero-order chi connectivity index (χ0) is 13.9. The number of benzene rings is 1. The Hall–Kier alpha value is -2.11. The van der Waals surface area contributed by atoms with Gasteiger partial charge in [-0.3, -0.25) is 0 Å². The lowest BCUT2D eigenvalue weighted by Crippen LogP contribution is -2.07. The van der Waals surface area contributed by atoms with Crippen LogP contribution in [0, 0.1) is 6.92 Å². The van der Waals surface area contributed by atoms with E-state index in [-0.39, 0.29) is 0 Å². The van der Waals surface area contributed by atoms with Crippen molar-refractivity contribution >= 4 is 5.69 Å². The molecule has 6 heteroatoms. The fraction of sp³-hybridized carbons (Fsp3) is 0.231. The fourth-order valence-electron chi connectivity index (χ4n) is 1.60. The third kappa shape index (κ3) is 3.67. The second-order valence-corrected chi connectivity index (χ2v) is 4.03. The SMILES string of the molecule is Cc1nccc(CNc2cccc(C(F)(F)F)c2)n1. The van der Waals surface area contributed by atoms with Gasteiger partial charge < -0.3 is 5.32 Å². The summed E-state index contributed by atoms with van der Waals surface area (Å²) >= 11 is 0. The van der Waals surface area contributed by atoms with E-state index in [4.69, 9.17) is 0 Å². The highest BCUT2D eigenvalue weighted by atomic mass is 19.4. The van der Waals surface area contributed by atoms with Crippen LogP contribution in [0.25, 0.3) is 0 Å². The van der Waals surface area contributed by atoms with Gasteiger partial charge in [-0.15, -0.1) is 0 Å². The van der Waals surface area contributed by atoms with Crippen LogP contribution in [0.3, 0.4) is 0 Å². The number of aryl methyl sites for hydroxylation is 1. The van der Waals surface area contributed by atoms with Crippen LogP contribution in [0.1, 0.15) is 17.1 Å². The smallest absolute Gasteiger partial charge is 0.379 e. The number of nitrogens with zero attached hydrogens (tertiary/aromatic N) is 2. The quantitative estimate of drug-likeness (QED) is 0.926. The second-order valence-electron chi connectivity index (χ2n) is 4.03. The number of hydrogen-bond acceptors (Lipinski definition) is 3. The molecular formula is C13H12F3N3. The summed E-state index contributed by atoms with van der Waals surface area (Å²) in [5.74, 6) is 0.628. The molecule has 0 aliphatic carbocycles. The standard InChI is InChI=1S/C13H12F3N3/c1-9-17-6-5-12(19-9)8-18-11-4-2-3-10(7-11)13(14,15)16/h2-7,18H,8H2,1H3. The molecule has 0 fully saturated rings. The Kier molecular flexibility index (Phi) is 3.69. The number of anilines is 1. The molecule has 0 atom stereocenters. The Bertz CT molecular complexity index is 567. The van der Waals surface area contributed by atoms with Gasteiger partial charge in [0, 0.05) is 11.9 Å². The summed E-state index contributed by atoms with van der Waals surface area (Å²) in [5, 5.41) is 2.91. The molecule has 0 spiro atoms. The first kappa shape index (κ1) is 13.3. The van der Waals surface area contributed by atoms with Crippen molar-refractivity contribution in [2.75, 3.05) is 5.32 Å². The molecule has 0 saturated carbocycles. The van der Waals surface area contributed by atoms with E-state index in [9.17, 15) is 13.2 Å². The highest BCUT2D eigenvalue weighted by Gasteiger charge is 2.30. The van der Waals surface area contributed by atoms with E-state index in [1.807, 2.05) is 0 Å². The van der Waals surface area contributed by atoms with Crippen molar-refractivity contribution in [3.05, 3.63) is 53.6 Å². The summed E-state index contributed by atoms with van der Waals surface area (Å²) in [6.07, 6.45) is -2.71. The van der Waals surface area contributed by atoms with Gasteiger partial charge in [0.05, 0.1) is 17.8 Å². The molecule has 0 radical (unpaired) electrons. The Labute approximate surface area is 108 Å². The second kappa shape index (κ2) is 5.26. The molecule has 19 heavy (non-hydrogen) atoms. The van der Waals surface area contributed by atoms with Gasteiger partial charge in [-0.2, -0.15) is 13.2 Å². The molecule has 0 bridgehead atoms. The van der Waals surface area contributed by atoms with Crippen molar-refractivity contribution < 1.29 is 13.2 Å². The molecule has 0 unspecified atom stereocenters. The Morgan fingerprint density at radius 2 is 2.00 bits per heavy atom. The van der Waals surface area contributed by atoms with Gasteiger partial charge in [-0.05, 0) is 31.2 Å². The summed E-state index contributed by atoms with van der Waals surface area (Å²) in [5.41, 5.74) is 0.465. The highest BCUT2D eigenvalue weighted by Crippen LogP contribution is 2.30. The topological polar surface area (TPSA) is 37.8 Å². The first-order valence-electron chi connectivity index (χ1n) is 5.65. The monoisotopic (exact) mass is 267 g/mol. The molecule has 0 saturated heterocycles. The lowest BCUT2D eigenvalue weighted by Gasteiger charge is -2.10. The number of halogens is 3. The summed E-state index contributed by atoms with van der Waals surface area (Å²) in [7, 11) is 0. The van der Waals surface area contributed by atoms with E-state index >= 15 is 0 Å². The average Bonchev–Trinajstić information content (AvgIpc) is 2.36. The highest BCUT2D eigenvalue weighted by molar-refractivity contribution is 5.46. The Balaban J connectivity index is 2.08. The molecule has 1 aromatic heterocycles. The normalized spacial score (nSPS) is 11.4. The van der Waals surface area contributed by atoms with Gasteiger partial charge in [-0.25, -0.2) is 9.97 Å². The van der Waals surface area contributed by atoms with Crippen LogP contribution in [0.4, 0.5) is 18.9 Å². The minimum Gasteiger partial charge on any atom is -0.379 e. The van der Waals surface area contributed by atoms with Crippen LogP contribution in [-0.4, -0.2) is 9.97 Å². The summed E-state index contributed by atoms with van der Waals surface area (Å²) < 4.78 is 37.6. The van der Waals surface area contributed by atoms with Crippen molar-refractivity contribution in [1.82, 2.24) is 9.97 Å². The van der Waals surface area contributed by atoms with E-state index in [2.05, 4.69) is 15.3 Å². The fourth-order valence-corrected chi connectivity index (χ4v) is 1.60. The van der Waals surface area contributed by atoms with Gasteiger partial charge in [0.25, 0.3) is 0 Å². The predicted octanol–water partition coefficient (Wildman–Crippen LogP) is 3.42. The number of alkyl halides is 3. The average molecular weight is 267 g/mol. The van der Waals surface area contributed by atoms with Crippen LogP contribution in [0.5, 0.6) is 0 Å². The molecule has 2 rings (SSSR count). The van der Waals surface area contributed by atoms with Crippen molar-refractivity contribution in [1.29, 1.82) is 0 Å². The third-order valence-electron chi connectivity index (χ3n) is 2.50. The van der Waals surface area contributed by atoms with Gasteiger partial charge in [-0.1, -0.05) is 6.07 Å². The van der Waals surface area contributed by atoms with E-state index < -0.39 is 11.7 Å². The summed E-state index contributed by atoms with van der Waals surface area (Å²) in [4.78, 5) is 8.12. The third-order valence-corrected chi connectivity index (χ3v) is 2.50. The van der Waals surface area contributed by atoms with Gasteiger partial charge in [0.15, 0.2) is 0 Å². The zero-order valence-corrected chi connectivity index (χ0v) is 10.2. The van der Waals surface area contributed by atoms with Gasteiger partial charge in [0.1, 0.15) is 5.82 Å². The Morgan fingerprint density at radius 3 is 2.68 bits per heavy atom. The molecule has 0 aliphatic heterocycles. The molecule has 1 N–H and O–H groups in total. The van der Waals surface area contributed by atoms with E-state index in [0.717, 1.165) is 17.8 Å². The maximum absolute atomic E-state index is 12.5. The minimum absolute atomic E-state index is 0.352. The molecule has 0 aliphatic rings. The first-order chi connectivity index (χ1) is 8.95. The van der Waals surface area contributed by atoms with E-state index in [0.29, 0.717) is 18.1 Å². The molecule has 1 heterocycles. The zero-order valence-electron chi connectivity index (χ0n) is 10.2. The minimum atomic E-state index is -4.33. The largest absolute Gasteiger partial charge is 0.416 e. The van der Waals surface area contributed by atoms with Crippen LogP contribution in [-0.2, 0) is 12.7 Å². The number of aromatic nitrogens is 2. The number of rotatable bonds is 3. The van der Waals surface area contributed by atoms with Crippen LogP contribution in [0.2, 0.25) is 0 Å². The van der Waals surface area contributed by atoms with Crippen LogP contribution >= 0.6 is 0 Å². The molecule has 1 aromatic carbocycles. The maximum Gasteiger partial charge on any atom is 0.416 e. The molecule has 0 amide bonds. The van der Waals surface area contributed by atoms with Crippen molar-refractivity contribution in [3.63, 3.8) is 0 Å². The van der Waals surface area contributed by atoms with Gasteiger partial charge >= 0.3 is 6.18 Å². The van der Waals surface area contributed by atoms with E-state index in [1.54, 1.807) is 25.3 Å². The summed E-state index contributed by atoms with van der Waals surface area (Å²) in [6.45, 7) is 2.11. The van der Waals surface area contributed by atoms with Crippen LogP contribution < -0.4 is 5.32 Å². The summed E-state index contributed by atoms with van der Waals surface area (Å²) in [6, 6.07) is 6.79.